The Labute approximate surface area is 178 Å². The molecule has 0 heterocycles. The van der Waals surface area contributed by atoms with Gasteiger partial charge in [0.2, 0.25) is 5.90 Å². The molecule has 0 aromatic heterocycles. The summed E-state index contributed by atoms with van der Waals surface area (Å²) in [6.07, 6.45) is 1.65. The van der Waals surface area contributed by atoms with E-state index in [1.165, 1.54) is 5.56 Å². The monoisotopic (exact) mass is 401 g/mol. The largest absolute Gasteiger partial charge is 0.497 e. The van der Waals surface area contributed by atoms with Crippen LogP contribution in [-0.4, -0.2) is 13.0 Å². The maximum atomic E-state index is 6.18. The van der Waals surface area contributed by atoms with Crippen molar-refractivity contribution >= 4 is 11.6 Å². The minimum atomic E-state index is 0.484. The maximum Gasteiger partial charge on any atom is 0.225 e. The van der Waals surface area contributed by atoms with E-state index in [2.05, 4.69) is 6.07 Å². The Hall–Kier alpha value is -3.53. The average molecular weight is 402 g/mol. The van der Waals surface area contributed by atoms with Gasteiger partial charge in [0.1, 0.15) is 17.2 Å². The van der Waals surface area contributed by atoms with Crippen LogP contribution in [0.5, 0.6) is 17.2 Å². The quantitative estimate of drug-likeness (QED) is 0.262. The Morgan fingerprint density at radius 1 is 0.733 bits per heavy atom. The summed E-state index contributed by atoms with van der Waals surface area (Å²) in [5.41, 5.74) is 5.04. The summed E-state index contributed by atoms with van der Waals surface area (Å²) in [4.78, 5) is 4.72. The van der Waals surface area contributed by atoms with Crippen molar-refractivity contribution in [2.75, 3.05) is 7.11 Å². The van der Waals surface area contributed by atoms with E-state index < -0.39 is 0 Å². The molecule has 0 atom stereocenters. The highest BCUT2D eigenvalue weighted by Crippen LogP contribution is 2.22. The molecule has 4 heteroatoms. The molecule has 30 heavy (non-hydrogen) atoms. The highest BCUT2D eigenvalue weighted by atomic mass is 16.5. The van der Waals surface area contributed by atoms with Gasteiger partial charge in [-0.25, -0.2) is 4.99 Å². The van der Waals surface area contributed by atoms with E-state index in [0.717, 1.165) is 33.9 Å². The van der Waals surface area contributed by atoms with Gasteiger partial charge in [0.05, 0.1) is 19.1 Å². The van der Waals surface area contributed by atoms with Gasteiger partial charge in [-0.1, -0.05) is 23.8 Å². The van der Waals surface area contributed by atoms with Gasteiger partial charge in [-0.3, -0.25) is 0 Å². The molecule has 0 amide bonds. The van der Waals surface area contributed by atoms with Crippen LogP contribution in [0.15, 0.2) is 83.6 Å². The van der Waals surface area contributed by atoms with Crippen LogP contribution < -0.4 is 14.2 Å². The minimum absolute atomic E-state index is 0.484. The highest BCUT2D eigenvalue weighted by molar-refractivity contribution is 5.96. The lowest BCUT2D eigenvalue weighted by Crippen LogP contribution is -2.11. The molecular formula is C26H27NO3. The Balaban J connectivity index is 1.89. The normalized spacial score (nSPS) is 11.9. The molecule has 0 aliphatic carbocycles. The third kappa shape index (κ3) is 5.98. The lowest BCUT2D eigenvalue weighted by atomic mass is 10.1. The molecule has 3 aromatic carbocycles. The summed E-state index contributed by atoms with van der Waals surface area (Å²) in [7, 11) is 1.64. The molecule has 0 fully saturated rings. The average Bonchev–Trinajstić information content (AvgIpc) is 2.72. The standard InChI is InChI=1S/C26H27NO3/c1-18-6-8-22(9-7-18)27-26(30-25-15-19(2)14-20(3)16-25)21(4)17-29-24-12-10-23(28-5)11-13-24/h6-17H,1-5H3/b21-17+,27-26-. The predicted octanol–water partition coefficient (Wildman–Crippen LogP) is 6.71. The van der Waals surface area contributed by atoms with E-state index in [-0.39, 0.29) is 0 Å². The number of rotatable bonds is 6. The van der Waals surface area contributed by atoms with Crippen LogP contribution in [0, 0.1) is 20.8 Å². The summed E-state index contributed by atoms with van der Waals surface area (Å²) < 4.78 is 17.2. The van der Waals surface area contributed by atoms with Crippen LogP contribution in [0.1, 0.15) is 23.6 Å². The van der Waals surface area contributed by atoms with Crippen molar-refractivity contribution in [1.29, 1.82) is 0 Å². The molecule has 3 rings (SSSR count). The van der Waals surface area contributed by atoms with Gasteiger partial charge in [0.25, 0.3) is 0 Å². The van der Waals surface area contributed by atoms with E-state index in [4.69, 9.17) is 19.2 Å². The molecule has 0 bridgehead atoms. The molecular weight excluding hydrogens is 374 g/mol. The molecule has 0 N–H and O–H groups in total. The van der Waals surface area contributed by atoms with Gasteiger partial charge >= 0.3 is 0 Å². The fourth-order valence-electron chi connectivity index (χ4n) is 2.89. The SMILES string of the molecule is COc1ccc(O/C=C(C)/C(=N/c2ccc(C)cc2)Oc2cc(C)cc(C)c2)cc1. The second-order valence-corrected chi connectivity index (χ2v) is 7.27. The number of hydrogen-bond acceptors (Lipinski definition) is 4. The second kappa shape index (κ2) is 9.79. The van der Waals surface area contributed by atoms with Gasteiger partial charge in [0, 0.05) is 5.57 Å². The van der Waals surface area contributed by atoms with Crippen molar-refractivity contribution in [3.63, 3.8) is 0 Å². The topological polar surface area (TPSA) is 40.0 Å². The number of aliphatic imine (C=N–C) groups is 1. The van der Waals surface area contributed by atoms with Crippen molar-refractivity contribution in [3.8, 4) is 17.2 Å². The minimum Gasteiger partial charge on any atom is -0.497 e. The lowest BCUT2D eigenvalue weighted by molar-refractivity contribution is 0.412. The Morgan fingerprint density at radius 3 is 1.93 bits per heavy atom. The first kappa shape index (κ1) is 21.2. The van der Waals surface area contributed by atoms with Crippen molar-refractivity contribution < 1.29 is 14.2 Å². The number of benzene rings is 3. The molecule has 0 radical (unpaired) electrons. The van der Waals surface area contributed by atoms with Crippen LogP contribution in [0.3, 0.4) is 0 Å². The van der Waals surface area contributed by atoms with Gasteiger partial charge < -0.3 is 14.2 Å². The number of methoxy groups -OCH3 is 1. The highest BCUT2D eigenvalue weighted by Gasteiger charge is 2.09. The third-order valence-electron chi connectivity index (χ3n) is 4.44. The van der Waals surface area contributed by atoms with Crippen LogP contribution in [0.2, 0.25) is 0 Å². The predicted molar refractivity (Wildman–Crippen MR) is 122 cm³/mol. The van der Waals surface area contributed by atoms with Crippen LogP contribution >= 0.6 is 0 Å². The zero-order chi connectivity index (χ0) is 21.5. The molecule has 0 saturated heterocycles. The first-order valence-electron chi connectivity index (χ1n) is 9.82. The summed E-state index contributed by atoms with van der Waals surface area (Å²) in [5, 5.41) is 0. The van der Waals surface area contributed by atoms with Crippen LogP contribution in [0.25, 0.3) is 0 Å². The number of aryl methyl sites for hydroxylation is 3. The Kier molecular flexibility index (Phi) is 6.91. The summed E-state index contributed by atoms with van der Waals surface area (Å²) in [6.45, 7) is 8.06. The summed E-state index contributed by atoms with van der Waals surface area (Å²) in [6, 6.07) is 21.5. The molecule has 3 aromatic rings. The smallest absolute Gasteiger partial charge is 0.225 e. The molecule has 4 nitrogen and oxygen atoms in total. The van der Waals surface area contributed by atoms with E-state index in [0.29, 0.717) is 11.6 Å². The number of nitrogens with zero attached hydrogens (tertiary/aromatic N) is 1. The molecule has 0 saturated carbocycles. The van der Waals surface area contributed by atoms with E-state index in [1.807, 2.05) is 88.4 Å². The van der Waals surface area contributed by atoms with E-state index in [9.17, 15) is 0 Å². The molecule has 0 unspecified atom stereocenters. The van der Waals surface area contributed by atoms with E-state index in [1.54, 1.807) is 13.4 Å². The second-order valence-electron chi connectivity index (χ2n) is 7.27. The van der Waals surface area contributed by atoms with Crippen molar-refractivity contribution in [2.45, 2.75) is 27.7 Å². The molecule has 0 aliphatic heterocycles. The molecule has 0 aliphatic rings. The van der Waals surface area contributed by atoms with E-state index >= 15 is 0 Å². The molecule has 0 spiro atoms. The first-order valence-corrected chi connectivity index (χ1v) is 9.82. The van der Waals surface area contributed by atoms with Gasteiger partial charge in [-0.15, -0.1) is 0 Å². The Morgan fingerprint density at radius 2 is 1.33 bits per heavy atom. The van der Waals surface area contributed by atoms with Crippen molar-refractivity contribution in [1.82, 2.24) is 0 Å². The zero-order valence-corrected chi connectivity index (χ0v) is 18.1. The first-order chi connectivity index (χ1) is 14.4. The van der Waals surface area contributed by atoms with Gasteiger partial charge in [-0.2, -0.15) is 0 Å². The third-order valence-corrected chi connectivity index (χ3v) is 4.44. The van der Waals surface area contributed by atoms with Crippen molar-refractivity contribution in [3.05, 3.63) is 95.3 Å². The number of ether oxygens (including phenoxy) is 3. The fraction of sp³-hybridized carbons (Fsp3) is 0.192. The summed E-state index contributed by atoms with van der Waals surface area (Å²) in [5.74, 6) is 2.71. The number of hydrogen-bond donors (Lipinski definition) is 0. The van der Waals surface area contributed by atoms with Crippen LogP contribution in [0.4, 0.5) is 5.69 Å². The van der Waals surface area contributed by atoms with Gasteiger partial charge in [-0.05, 0) is 87.4 Å². The Bertz CT molecular complexity index is 1030. The fourth-order valence-corrected chi connectivity index (χ4v) is 2.89. The van der Waals surface area contributed by atoms with Crippen LogP contribution in [-0.2, 0) is 0 Å². The molecule has 154 valence electrons. The zero-order valence-electron chi connectivity index (χ0n) is 18.1. The lowest BCUT2D eigenvalue weighted by Gasteiger charge is -2.12. The van der Waals surface area contributed by atoms with Gasteiger partial charge in [0.15, 0.2) is 0 Å². The summed E-state index contributed by atoms with van der Waals surface area (Å²) >= 11 is 0. The van der Waals surface area contributed by atoms with Crippen molar-refractivity contribution in [2.24, 2.45) is 4.99 Å². The maximum absolute atomic E-state index is 6.18.